The van der Waals surface area contributed by atoms with Gasteiger partial charge in [-0.25, -0.2) is 9.97 Å². The van der Waals surface area contributed by atoms with E-state index >= 15 is 0 Å². The first-order valence-electron chi connectivity index (χ1n) is 7.45. The van der Waals surface area contributed by atoms with Gasteiger partial charge in [0.25, 0.3) is 0 Å². The summed E-state index contributed by atoms with van der Waals surface area (Å²) in [4.78, 5) is 11.3. The van der Waals surface area contributed by atoms with Crippen LogP contribution in [0, 0.1) is 24.7 Å². The van der Waals surface area contributed by atoms with Gasteiger partial charge in [0.15, 0.2) is 5.82 Å². The molecule has 4 aliphatic rings. The summed E-state index contributed by atoms with van der Waals surface area (Å²) < 4.78 is 0. The molecular formula is C15H20ClN3. The molecule has 2 atom stereocenters. The first-order chi connectivity index (χ1) is 9.19. The van der Waals surface area contributed by atoms with Crippen molar-refractivity contribution in [2.45, 2.75) is 45.1 Å². The van der Waals surface area contributed by atoms with Crippen molar-refractivity contribution in [3.63, 3.8) is 0 Å². The molecule has 2 saturated carbocycles. The van der Waals surface area contributed by atoms with E-state index in [0.29, 0.717) is 11.1 Å². The highest BCUT2D eigenvalue weighted by atomic mass is 35.5. The van der Waals surface area contributed by atoms with Gasteiger partial charge in [0.1, 0.15) is 10.8 Å². The Balaban J connectivity index is 1.73. The van der Waals surface area contributed by atoms with Gasteiger partial charge in [-0.05, 0) is 56.8 Å². The lowest BCUT2D eigenvalue weighted by Gasteiger charge is -2.39. The Morgan fingerprint density at radius 3 is 2.53 bits per heavy atom. The van der Waals surface area contributed by atoms with E-state index in [1.165, 1.54) is 32.1 Å². The molecule has 1 aromatic rings. The molecule has 0 spiro atoms. The largest absolute Gasteiger partial charge is 0.352 e. The standard InChI is InChI=1S/C15H20ClN3/c1-9-17-7-14(16)15(18-9)19-8-12-3-10-2-11(4-12)6-13(19)5-10/h7,10-13H,2-6,8H2,1H3. The van der Waals surface area contributed by atoms with Crippen LogP contribution in [-0.4, -0.2) is 22.6 Å². The van der Waals surface area contributed by atoms with Crippen LogP contribution in [-0.2, 0) is 0 Å². The van der Waals surface area contributed by atoms with Gasteiger partial charge in [-0.2, -0.15) is 0 Å². The normalized spacial score (nSPS) is 36.6. The van der Waals surface area contributed by atoms with E-state index in [0.717, 1.165) is 35.9 Å². The second-order valence-electron chi connectivity index (χ2n) is 6.67. The zero-order valence-electron chi connectivity index (χ0n) is 11.3. The second kappa shape index (κ2) is 4.34. The highest BCUT2D eigenvalue weighted by molar-refractivity contribution is 6.32. The number of hydrogen-bond donors (Lipinski definition) is 0. The monoisotopic (exact) mass is 277 g/mol. The molecule has 2 unspecified atom stereocenters. The number of rotatable bonds is 1. The van der Waals surface area contributed by atoms with Crippen LogP contribution >= 0.6 is 11.6 Å². The lowest BCUT2D eigenvalue weighted by molar-refractivity contribution is 0.157. The zero-order chi connectivity index (χ0) is 13.0. The lowest BCUT2D eigenvalue weighted by Crippen LogP contribution is -2.39. The van der Waals surface area contributed by atoms with Crippen molar-refractivity contribution < 1.29 is 0 Å². The van der Waals surface area contributed by atoms with Gasteiger partial charge in [-0.3, -0.25) is 0 Å². The molecule has 4 bridgehead atoms. The summed E-state index contributed by atoms with van der Waals surface area (Å²) >= 11 is 6.35. The Hall–Kier alpha value is -0.830. The van der Waals surface area contributed by atoms with Crippen molar-refractivity contribution >= 4 is 17.4 Å². The molecule has 19 heavy (non-hydrogen) atoms. The van der Waals surface area contributed by atoms with Gasteiger partial charge < -0.3 is 4.90 Å². The quantitative estimate of drug-likeness (QED) is 0.787. The highest BCUT2D eigenvalue weighted by Gasteiger charge is 2.43. The Bertz CT molecular complexity index is 490. The lowest BCUT2D eigenvalue weighted by atomic mass is 9.68. The van der Waals surface area contributed by atoms with Crippen LogP contribution in [0.1, 0.15) is 37.9 Å². The van der Waals surface area contributed by atoms with E-state index in [-0.39, 0.29) is 0 Å². The second-order valence-corrected chi connectivity index (χ2v) is 7.08. The zero-order valence-corrected chi connectivity index (χ0v) is 12.1. The Labute approximate surface area is 119 Å². The minimum Gasteiger partial charge on any atom is -0.352 e. The Kier molecular flexibility index (Phi) is 2.73. The van der Waals surface area contributed by atoms with Crippen LogP contribution in [0.4, 0.5) is 5.82 Å². The average molecular weight is 278 g/mol. The minimum atomic E-state index is 0.656. The van der Waals surface area contributed by atoms with Crippen LogP contribution in [0.5, 0.6) is 0 Å². The molecule has 1 aromatic heterocycles. The van der Waals surface area contributed by atoms with Crippen molar-refractivity contribution in [3.05, 3.63) is 17.0 Å². The van der Waals surface area contributed by atoms with Crippen molar-refractivity contribution in [2.75, 3.05) is 11.4 Å². The number of fused-ring (bicyclic) bond motifs is 1. The van der Waals surface area contributed by atoms with Crippen LogP contribution < -0.4 is 4.90 Å². The first kappa shape index (κ1) is 12.0. The van der Waals surface area contributed by atoms with Crippen molar-refractivity contribution in [2.24, 2.45) is 17.8 Å². The van der Waals surface area contributed by atoms with E-state index in [4.69, 9.17) is 11.6 Å². The number of nitrogens with zero attached hydrogens (tertiary/aromatic N) is 3. The van der Waals surface area contributed by atoms with Crippen molar-refractivity contribution in [1.82, 2.24) is 9.97 Å². The smallest absolute Gasteiger partial charge is 0.151 e. The van der Waals surface area contributed by atoms with E-state index in [2.05, 4.69) is 14.9 Å². The average Bonchev–Trinajstić information content (AvgIpc) is 2.56. The highest BCUT2D eigenvalue weighted by Crippen LogP contribution is 2.48. The van der Waals surface area contributed by atoms with E-state index < -0.39 is 0 Å². The SMILES string of the molecule is Cc1ncc(Cl)c(N2CC3CC4CC(C3)CC2C4)n1. The molecular weight excluding hydrogens is 258 g/mol. The van der Waals surface area contributed by atoms with Crippen LogP contribution in [0.3, 0.4) is 0 Å². The summed E-state index contributed by atoms with van der Waals surface area (Å²) in [6.45, 7) is 3.09. The predicted molar refractivity (Wildman–Crippen MR) is 76.5 cm³/mol. The third-order valence-electron chi connectivity index (χ3n) is 5.22. The van der Waals surface area contributed by atoms with Crippen LogP contribution in [0.2, 0.25) is 5.02 Å². The maximum Gasteiger partial charge on any atom is 0.151 e. The Morgan fingerprint density at radius 1 is 1.11 bits per heavy atom. The minimum absolute atomic E-state index is 0.656. The van der Waals surface area contributed by atoms with Crippen LogP contribution in [0.15, 0.2) is 6.20 Å². The summed E-state index contributed by atoms with van der Waals surface area (Å²) in [6, 6.07) is 0.656. The van der Waals surface area contributed by atoms with E-state index in [9.17, 15) is 0 Å². The summed E-state index contributed by atoms with van der Waals surface area (Å²) in [5, 5.41) is 0.715. The topological polar surface area (TPSA) is 29.0 Å². The molecule has 3 nitrogen and oxygen atoms in total. The molecule has 3 heterocycles. The number of anilines is 1. The fourth-order valence-electron chi connectivity index (χ4n) is 4.69. The molecule has 2 aliphatic heterocycles. The maximum atomic E-state index is 6.35. The fraction of sp³-hybridized carbons (Fsp3) is 0.733. The van der Waals surface area contributed by atoms with Crippen LogP contribution in [0.25, 0.3) is 0 Å². The molecule has 0 amide bonds. The molecule has 4 heteroatoms. The van der Waals surface area contributed by atoms with E-state index in [1.807, 2.05) is 6.92 Å². The number of halogens is 1. The number of hydrogen-bond acceptors (Lipinski definition) is 3. The number of aromatic nitrogens is 2. The first-order valence-corrected chi connectivity index (χ1v) is 7.82. The third-order valence-corrected chi connectivity index (χ3v) is 5.49. The summed E-state index contributed by atoms with van der Waals surface area (Å²) in [6.07, 6.45) is 8.75. The van der Waals surface area contributed by atoms with Gasteiger partial charge >= 0.3 is 0 Å². The molecule has 5 rings (SSSR count). The van der Waals surface area contributed by atoms with Gasteiger partial charge in [0, 0.05) is 12.6 Å². The molecule has 102 valence electrons. The van der Waals surface area contributed by atoms with Gasteiger partial charge in [0.05, 0.1) is 6.20 Å². The maximum absolute atomic E-state index is 6.35. The number of aryl methyl sites for hydroxylation is 1. The summed E-state index contributed by atoms with van der Waals surface area (Å²) in [5.41, 5.74) is 0. The van der Waals surface area contributed by atoms with Gasteiger partial charge in [-0.15, -0.1) is 0 Å². The van der Waals surface area contributed by atoms with Crippen molar-refractivity contribution in [1.29, 1.82) is 0 Å². The molecule has 2 saturated heterocycles. The summed E-state index contributed by atoms with van der Waals surface area (Å²) in [5.74, 6) is 4.56. The molecule has 4 fully saturated rings. The molecule has 0 radical (unpaired) electrons. The van der Waals surface area contributed by atoms with Crippen molar-refractivity contribution in [3.8, 4) is 0 Å². The summed E-state index contributed by atoms with van der Waals surface area (Å²) in [7, 11) is 0. The Morgan fingerprint density at radius 2 is 1.79 bits per heavy atom. The van der Waals surface area contributed by atoms with Gasteiger partial charge in [0.2, 0.25) is 0 Å². The molecule has 0 N–H and O–H groups in total. The third kappa shape index (κ3) is 2.03. The molecule has 0 aromatic carbocycles. The van der Waals surface area contributed by atoms with E-state index in [1.54, 1.807) is 6.20 Å². The van der Waals surface area contributed by atoms with Gasteiger partial charge in [-0.1, -0.05) is 11.6 Å². The molecule has 2 aliphatic carbocycles. The predicted octanol–water partition coefficient (Wildman–Crippen LogP) is 3.45. The fourth-order valence-corrected chi connectivity index (χ4v) is 4.89.